The van der Waals surface area contributed by atoms with Crippen molar-refractivity contribution in [3.8, 4) is 10.9 Å². The molecule has 1 aromatic carbocycles. The van der Waals surface area contributed by atoms with Gasteiger partial charge in [0.2, 0.25) is 0 Å². The van der Waals surface area contributed by atoms with E-state index in [1.54, 1.807) is 12.1 Å². The topological polar surface area (TPSA) is 68.7 Å². The van der Waals surface area contributed by atoms with E-state index in [1.807, 2.05) is 13.0 Å². The second kappa shape index (κ2) is 7.40. The number of hydrogen-bond acceptors (Lipinski definition) is 6. The van der Waals surface area contributed by atoms with Gasteiger partial charge in [-0.2, -0.15) is 0 Å². The molecule has 0 radical (unpaired) electrons. The van der Waals surface area contributed by atoms with Gasteiger partial charge in [-0.25, -0.2) is 9.78 Å². The van der Waals surface area contributed by atoms with E-state index in [-0.39, 0.29) is 12.2 Å². The molecular formula is C15H14ClNO4S. The van der Waals surface area contributed by atoms with Crippen molar-refractivity contribution in [3.63, 3.8) is 0 Å². The zero-order valence-electron chi connectivity index (χ0n) is 12.0. The number of aliphatic hydroxyl groups excluding tert-OH is 1. The molecule has 2 rings (SSSR count). The molecule has 0 aliphatic rings. The molecule has 0 atom stereocenters. The van der Waals surface area contributed by atoms with Crippen LogP contribution in [-0.4, -0.2) is 29.8 Å². The van der Waals surface area contributed by atoms with Crippen LogP contribution < -0.4 is 4.74 Å². The zero-order valence-corrected chi connectivity index (χ0v) is 13.6. The van der Waals surface area contributed by atoms with Crippen LogP contribution in [0.5, 0.6) is 10.9 Å². The smallest absolute Gasteiger partial charge is 0.338 e. The summed E-state index contributed by atoms with van der Waals surface area (Å²) in [6.45, 7) is 1.59. The van der Waals surface area contributed by atoms with E-state index in [0.717, 1.165) is 5.56 Å². The molecule has 5 nitrogen and oxygen atoms in total. The minimum absolute atomic E-state index is 0.267. The van der Waals surface area contributed by atoms with Crippen molar-refractivity contribution in [1.29, 1.82) is 0 Å². The molecule has 0 amide bonds. The van der Waals surface area contributed by atoms with E-state index in [1.165, 1.54) is 30.7 Å². The molecule has 2 aromatic rings. The number of aryl methyl sites for hydroxylation is 1. The van der Waals surface area contributed by atoms with Crippen molar-refractivity contribution in [1.82, 2.24) is 4.98 Å². The van der Waals surface area contributed by atoms with E-state index in [0.29, 0.717) is 20.8 Å². The van der Waals surface area contributed by atoms with Gasteiger partial charge < -0.3 is 14.6 Å². The lowest BCUT2D eigenvalue weighted by atomic mass is 10.00. The lowest BCUT2D eigenvalue weighted by Gasteiger charge is -2.11. The van der Waals surface area contributed by atoms with Gasteiger partial charge in [0.1, 0.15) is 10.1 Å². The maximum atomic E-state index is 11.9. The van der Waals surface area contributed by atoms with Gasteiger partial charge in [0, 0.05) is 0 Å². The van der Waals surface area contributed by atoms with Crippen LogP contribution in [0.25, 0.3) is 5.57 Å². The van der Waals surface area contributed by atoms with Gasteiger partial charge in [0.05, 0.1) is 25.5 Å². The quantitative estimate of drug-likeness (QED) is 0.667. The van der Waals surface area contributed by atoms with E-state index >= 15 is 0 Å². The lowest BCUT2D eigenvalue weighted by Crippen LogP contribution is -2.06. The largest absolute Gasteiger partial charge is 0.465 e. The number of esters is 1. The van der Waals surface area contributed by atoms with Gasteiger partial charge in [0.25, 0.3) is 5.19 Å². The van der Waals surface area contributed by atoms with E-state index in [4.69, 9.17) is 26.2 Å². The van der Waals surface area contributed by atoms with Crippen molar-refractivity contribution in [2.45, 2.75) is 6.92 Å². The maximum Gasteiger partial charge on any atom is 0.338 e. The average Bonchev–Trinajstić information content (AvgIpc) is 2.91. The Morgan fingerprint density at radius 3 is 2.86 bits per heavy atom. The van der Waals surface area contributed by atoms with Gasteiger partial charge in [-0.3, -0.25) is 0 Å². The molecule has 1 aromatic heterocycles. The number of hydrogen-bond donors (Lipinski definition) is 1. The number of rotatable bonds is 5. The Morgan fingerprint density at radius 2 is 2.27 bits per heavy atom. The number of benzene rings is 1. The summed E-state index contributed by atoms with van der Waals surface area (Å²) in [6.07, 6.45) is 2.90. The molecule has 0 fully saturated rings. The summed E-state index contributed by atoms with van der Waals surface area (Å²) < 4.78 is 10.9. The molecular weight excluding hydrogens is 326 g/mol. The van der Waals surface area contributed by atoms with Crippen molar-refractivity contribution < 1.29 is 19.4 Å². The Balaban J connectivity index is 2.37. The minimum atomic E-state index is -0.522. The fourth-order valence-corrected chi connectivity index (χ4v) is 2.61. The monoisotopic (exact) mass is 339 g/mol. The Morgan fingerprint density at radius 1 is 1.50 bits per heavy atom. The van der Waals surface area contributed by atoms with Crippen LogP contribution in [0.15, 0.2) is 30.5 Å². The highest BCUT2D eigenvalue weighted by molar-refractivity contribution is 7.17. The van der Waals surface area contributed by atoms with Crippen LogP contribution in [-0.2, 0) is 9.53 Å². The fourth-order valence-electron chi connectivity index (χ4n) is 1.85. The molecule has 0 saturated carbocycles. The lowest BCUT2D eigenvalue weighted by molar-refractivity contribution is -0.133. The van der Waals surface area contributed by atoms with Crippen LogP contribution in [0.1, 0.15) is 11.1 Å². The van der Waals surface area contributed by atoms with Gasteiger partial charge in [-0.15, -0.1) is 0 Å². The zero-order chi connectivity index (χ0) is 16.1. The van der Waals surface area contributed by atoms with Crippen LogP contribution in [0, 0.1) is 6.92 Å². The molecule has 0 saturated heterocycles. The highest BCUT2D eigenvalue weighted by Gasteiger charge is 2.16. The Kier molecular flexibility index (Phi) is 5.54. The third-order valence-corrected chi connectivity index (χ3v) is 3.85. The first-order valence-corrected chi connectivity index (χ1v) is 7.54. The van der Waals surface area contributed by atoms with Crippen molar-refractivity contribution in [3.05, 3.63) is 45.9 Å². The summed E-state index contributed by atoms with van der Waals surface area (Å²) in [5, 5.41) is 9.51. The number of halogens is 1. The third kappa shape index (κ3) is 3.85. The summed E-state index contributed by atoms with van der Waals surface area (Å²) in [4.78, 5) is 15.9. The Bertz CT molecular complexity index is 711. The molecule has 7 heteroatoms. The van der Waals surface area contributed by atoms with E-state index < -0.39 is 5.97 Å². The number of nitrogens with zero attached hydrogens (tertiary/aromatic N) is 1. The minimum Gasteiger partial charge on any atom is -0.465 e. The first kappa shape index (κ1) is 16.5. The number of aromatic nitrogens is 1. The third-order valence-electron chi connectivity index (χ3n) is 2.86. The van der Waals surface area contributed by atoms with E-state index in [2.05, 4.69) is 4.98 Å². The molecule has 1 N–H and O–H groups in total. The molecule has 0 spiro atoms. The highest BCUT2D eigenvalue weighted by atomic mass is 35.5. The highest BCUT2D eigenvalue weighted by Crippen LogP contribution is 2.31. The fraction of sp³-hybridized carbons (Fsp3) is 0.200. The number of carbonyl (C=O) groups is 1. The maximum absolute atomic E-state index is 11.9. The van der Waals surface area contributed by atoms with E-state index in [9.17, 15) is 4.79 Å². The van der Waals surface area contributed by atoms with Gasteiger partial charge in [-0.1, -0.05) is 29.0 Å². The summed E-state index contributed by atoms with van der Waals surface area (Å²) in [7, 11) is 1.29. The molecule has 0 unspecified atom stereocenters. The second-order valence-electron chi connectivity index (χ2n) is 4.30. The molecule has 22 heavy (non-hydrogen) atoms. The summed E-state index contributed by atoms with van der Waals surface area (Å²) in [5.74, 6) is -0.00838. The van der Waals surface area contributed by atoms with Crippen LogP contribution in [0.2, 0.25) is 4.34 Å². The van der Waals surface area contributed by atoms with Crippen LogP contribution in [0.4, 0.5) is 0 Å². The summed E-state index contributed by atoms with van der Waals surface area (Å²) in [5.41, 5.74) is 1.76. The molecule has 0 aliphatic heterocycles. The van der Waals surface area contributed by atoms with Gasteiger partial charge in [-0.05, 0) is 36.3 Å². The van der Waals surface area contributed by atoms with Crippen molar-refractivity contribution in [2.24, 2.45) is 0 Å². The average molecular weight is 340 g/mol. The Hall–Kier alpha value is -1.89. The normalized spacial score (nSPS) is 11.4. The second-order valence-corrected chi connectivity index (χ2v) is 5.93. The molecule has 0 bridgehead atoms. The SMILES string of the molecule is COC(=O)/C(=C/CO)c1cc(Oc2ncc(Cl)s2)ccc1C. The van der Waals surface area contributed by atoms with Crippen molar-refractivity contribution >= 4 is 34.5 Å². The van der Waals surface area contributed by atoms with Gasteiger partial charge in [0.15, 0.2) is 0 Å². The van der Waals surface area contributed by atoms with Crippen LogP contribution in [0.3, 0.4) is 0 Å². The molecule has 0 aliphatic carbocycles. The number of thiazole rings is 1. The first-order valence-electron chi connectivity index (χ1n) is 6.34. The predicted octanol–water partition coefficient (Wildman–Crippen LogP) is 3.45. The summed E-state index contributed by atoms with van der Waals surface area (Å²) in [6, 6.07) is 5.28. The number of carbonyl (C=O) groups excluding carboxylic acids is 1. The van der Waals surface area contributed by atoms with Crippen LogP contribution >= 0.6 is 22.9 Å². The number of ether oxygens (including phenoxy) is 2. The van der Waals surface area contributed by atoms with Gasteiger partial charge >= 0.3 is 5.97 Å². The predicted molar refractivity (Wildman–Crippen MR) is 85.5 cm³/mol. The Labute approximate surface area is 136 Å². The first-order chi connectivity index (χ1) is 10.5. The number of aliphatic hydroxyl groups is 1. The molecule has 116 valence electrons. The standard InChI is InChI=1S/C15H14ClNO4S/c1-9-3-4-10(21-15-17-8-13(16)22-15)7-12(9)11(5-6-18)14(19)20-2/h3-5,7-8,18H,6H2,1-2H3/b11-5+. The molecule has 1 heterocycles. The summed E-state index contributed by atoms with van der Waals surface area (Å²) >= 11 is 7.02. The number of methoxy groups -OCH3 is 1. The van der Waals surface area contributed by atoms with Crippen molar-refractivity contribution in [2.75, 3.05) is 13.7 Å².